The van der Waals surface area contributed by atoms with E-state index in [2.05, 4.69) is 0 Å². The molecule has 0 bridgehead atoms. The molecule has 3 N–H and O–H groups in total. The van der Waals surface area contributed by atoms with Crippen LogP contribution in [-0.2, 0) is 4.74 Å². The van der Waals surface area contributed by atoms with E-state index < -0.39 is 18.3 Å². The Morgan fingerprint density at radius 3 is 2.17 bits per heavy atom. The van der Waals surface area contributed by atoms with Gasteiger partial charge in [0.2, 0.25) is 0 Å². The van der Waals surface area contributed by atoms with Crippen molar-refractivity contribution >= 4 is 0 Å². The molecule has 0 rings (SSSR count). The molecule has 0 spiro atoms. The molecule has 0 saturated carbocycles. The molecular weight excluding hydrogens is 160 g/mol. The fourth-order valence-electron chi connectivity index (χ4n) is 0.699. The van der Waals surface area contributed by atoms with Gasteiger partial charge in [-0.25, -0.2) is 0 Å². The highest BCUT2D eigenvalue weighted by Crippen LogP contribution is 1.98. The van der Waals surface area contributed by atoms with Gasteiger partial charge in [0.15, 0.2) is 0 Å². The predicted molar refractivity (Wildman–Crippen MR) is 44.8 cm³/mol. The van der Waals surface area contributed by atoms with Crippen molar-refractivity contribution in [3.05, 3.63) is 0 Å². The molecule has 0 radical (unpaired) electrons. The maximum Gasteiger partial charge on any atom is 0.0818 e. The number of aliphatic hydroxyl groups is 3. The fourth-order valence-corrected chi connectivity index (χ4v) is 0.699. The van der Waals surface area contributed by atoms with Crippen LogP contribution in [0.4, 0.5) is 0 Å². The molecule has 74 valence electrons. The smallest absolute Gasteiger partial charge is 0.0818 e. The van der Waals surface area contributed by atoms with Crippen molar-refractivity contribution in [3.8, 4) is 0 Å². The Morgan fingerprint density at radius 1 is 1.17 bits per heavy atom. The van der Waals surface area contributed by atoms with Crippen LogP contribution >= 0.6 is 0 Å². The van der Waals surface area contributed by atoms with Crippen molar-refractivity contribution in [2.45, 2.75) is 38.6 Å². The Hall–Kier alpha value is -0.160. The Morgan fingerprint density at radius 2 is 1.75 bits per heavy atom. The average Bonchev–Trinajstić information content (AvgIpc) is 1.97. The standard InChI is InChI=1S/C8H18O4/c1-6(9)5-12-4-3-8(11)7(2)10/h6-11H,3-5H2,1-2H3. The molecule has 0 aromatic heterocycles. The van der Waals surface area contributed by atoms with Gasteiger partial charge in [0.1, 0.15) is 0 Å². The third kappa shape index (κ3) is 6.54. The van der Waals surface area contributed by atoms with Crippen LogP contribution in [0.3, 0.4) is 0 Å². The summed E-state index contributed by atoms with van der Waals surface area (Å²) in [6.07, 6.45) is -1.54. The highest BCUT2D eigenvalue weighted by molar-refractivity contribution is 4.60. The second-order valence-corrected chi connectivity index (χ2v) is 3.02. The summed E-state index contributed by atoms with van der Waals surface area (Å²) in [6.45, 7) is 3.79. The van der Waals surface area contributed by atoms with E-state index in [-0.39, 0.29) is 6.61 Å². The van der Waals surface area contributed by atoms with Crippen molar-refractivity contribution in [3.63, 3.8) is 0 Å². The number of ether oxygens (including phenoxy) is 1. The maximum atomic E-state index is 9.10. The van der Waals surface area contributed by atoms with Gasteiger partial charge in [0.25, 0.3) is 0 Å². The minimum atomic E-state index is -0.737. The van der Waals surface area contributed by atoms with Gasteiger partial charge in [0, 0.05) is 6.61 Å². The van der Waals surface area contributed by atoms with Crippen LogP contribution in [0, 0.1) is 0 Å². The first kappa shape index (κ1) is 11.8. The third-order valence-corrected chi connectivity index (χ3v) is 1.47. The van der Waals surface area contributed by atoms with Gasteiger partial charge in [-0.2, -0.15) is 0 Å². The number of rotatable bonds is 6. The van der Waals surface area contributed by atoms with Crippen molar-refractivity contribution in [1.82, 2.24) is 0 Å². The monoisotopic (exact) mass is 178 g/mol. The molecule has 12 heavy (non-hydrogen) atoms. The summed E-state index contributed by atoms with van der Waals surface area (Å²) in [7, 11) is 0. The quantitative estimate of drug-likeness (QED) is 0.480. The van der Waals surface area contributed by atoms with E-state index in [0.29, 0.717) is 13.0 Å². The topological polar surface area (TPSA) is 69.9 Å². The lowest BCUT2D eigenvalue weighted by atomic mass is 10.2. The average molecular weight is 178 g/mol. The molecular formula is C8H18O4. The van der Waals surface area contributed by atoms with Gasteiger partial charge in [-0.3, -0.25) is 0 Å². The molecule has 3 unspecified atom stereocenters. The zero-order chi connectivity index (χ0) is 9.56. The Balaban J connectivity index is 3.20. The third-order valence-electron chi connectivity index (χ3n) is 1.47. The van der Waals surface area contributed by atoms with Gasteiger partial charge in [-0.1, -0.05) is 0 Å². The van der Waals surface area contributed by atoms with E-state index >= 15 is 0 Å². The molecule has 0 aromatic rings. The minimum Gasteiger partial charge on any atom is -0.391 e. The Bertz CT molecular complexity index is 103. The Labute approximate surface area is 72.8 Å². The summed E-state index contributed by atoms with van der Waals surface area (Å²) in [4.78, 5) is 0. The number of aliphatic hydroxyl groups excluding tert-OH is 3. The molecule has 0 aliphatic rings. The van der Waals surface area contributed by atoms with Crippen LogP contribution in [0.5, 0.6) is 0 Å². The lowest BCUT2D eigenvalue weighted by Crippen LogP contribution is -2.24. The highest BCUT2D eigenvalue weighted by Gasteiger charge is 2.09. The zero-order valence-corrected chi connectivity index (χ0v) is 7.60. The summed E-state index contributed by atoms with van der Waals surface area (Å²) in [5, 5.41) is 26.8. The van der Waals surface area contributed by atoms with Crippen LogP contribution in [0.2, 0.25) is 0 Å². The van der Waals surface area contributed by atoms with Crippen LogP contribution in [0.1, 0.15) is 20.3 Å². The predicted octanol–water partition coefficient (Wildman–Crippen LogP) is -0.484. The lowest BCUT2D eigenvalue weighted by molar-refractivity contribution is -0.00877. The summed E-state index contributed by atoms with van der Waals surface area (Å²) < 4.78 is 4.99. The minimum absolute atomic E-state index is 0.270. The second-order valence-electron chi connectivity index (χ2n) is 3.02. The maximum absolute atomic E-state index is 9.10. The zero-order valence-electron chi connectivity index (χ0n) is 7.60. The molecule has 0 amide bonds. The van der Waals surface area contributed by atoms with Crippen LogP contribution < -0.4 is 0 Å². The summed E-state index contributed by atoms with van der Waals surface area (Å²) in [6, 6.07) is 0. The van der Waals surface area contributed by atoms with Gasteiger partial charge in [0.05, 0.1) is 24.9 Å². The molecule has 0 aliphatic heterocycles. The molecule has 0 fully saturated rings. The first-order valence-electron chi connectivity index (χ1n) is 4.16. The van der Waals surface area contributed by atoms with E-state index in [1.54, 1.807) is 6.92 Å². The van der Waals surface area contributed by atoms with Gasteiger partial charge >= 0.3 is 0 Å². The van der Waals surface area contributed by atoms with E-state index in [1.807, 2.05) is 0 Å². The molecule has 0 heterocycles. The highest BCUT2D eigenvalue weighted by atomic mass is 16.5. The summed E-state index contributed by atoms with van der Waals surface area (Å²) in [5.41, 5.74) is 0. The van der Waals surface area contributed by atoms with Crippen molar-refractivity contribution in [2.24, 2.45) is 0 Å². The van der Waals surface area contributed by atoms with E-state index in [1.165, 1.54) is 6.92 Å². The van der Waals surface area contributed by atoms with Crippen LogP contribution in [-0.4, -0.2) is 46.8 Å². The fraction of sp³-hybridized carbons (Fsp3) is 1.00. The van der Waals surface area contributed by atoms with Gasteiger partial charge in [-0.15, -0.1) is 0 Å². The van der Waals surface area contributed by atoms with E-state index in [0.717, 1.165) is 0 Å². The first-order valence-corrected chi connectivity index (χ1v) is 4.16. The van der Waals surface area contributed by atoms with Gasteiger partial charge < -0.3 is 20.1 Å². The lowest BCUT2D eigenvalue weighted by Gasteiger charge is -2.13. The normalized spacial score (nSPS) is 18.8. The van der Waals surface area contributed by atoms with Crippen molar-refractivity contribution in [2.75, 3.05) is 13.2 Å². The largest absolute Gasteiger partial charge is 0.391 e. The van der Waals surface area contributed by atoms with Gasteiger partial charge in [-0.05, 0) is 20.3 Å². The molecule has 0 aromatic carbocycles. The van der Waals surface area contributed by atoms with Crippen molar-refractivity contribution < 1.29 is 20.1 Å². The van der Waals surface area contributed by atoms with Crippen LogP contribution in [0.15, 0.2) is 0 Å². The van der Waals surface area contributed by atoms with E-state index in [4.69, 9.17) is 20.1 Å². The summed E-state index contributed by atoms with van der Waals surface area (Å²) in [5.74, 6) is 0. The molecule has 4 heteroatoms. The summed E-state index contributed by atoms with van der Waals surface area (Å²) >= 11 is 0. The number of hydrogen-bond acceptors (Lipinski definition) is 4. The second kappa shape index (κ2) is 6.37. The first-order chi connectivity index (χ1) is 5.54. The van der Waals surface area contributed by atoms with Crippen LogP contribution in [0.25, 0.3) is 0 Å². The molecule has 3 atom stereocenters. The number of hydrogen-bond donors (Lipinski definition) is 3. The molecule has 4 nitrogen and oxygen atoms in total. The van der Waals surface area contributed by atoms with Crippen molar-refractivity contribution in [1.29, 1.82) is 0 Å². The van der Waals surface area contributed by atoms with E-state index in [9.17, 15) is 0 Å². The molecule has 0 aliphatic carbocycles. The Kier molecular flexibility index (Phi) is 6.28. The SMILES string of the molecule is CC(O)COCCC(O)C(C)O. The molecule has 0 saturated heterocycles.